The van der Waals surface area contributed by atoms with E-state index in [2.05, 4.69) is 26.2 Å². The van der Waals surface area contributed by atoms with Gasteiger partial charge in [-0.15, -0.1) is 0 Å². The van der Waals surface area contributed by atoms with Gasteiger partial charge >= 0.3 is 0 Å². The van der Waals surface area contributed by atoms with Gasteiger partial charge in [-0.2, -0.15) is 0 Å². The summed E-state index contributed by atoms with van der Waals surface area (Å²) in [5, 5.41) is 3.64. The number of halogens is 2. The van der Waals surface area contributed by atoms with Crippen LogP contribution in [0, 0.1) is 0 Å². The molecule has 0 spiro atoms. The average Bonchev–Trinajstić information content (AvgIpc) is 2.41. The molecule has 0 saturated heterocycles. The first kappa shape index (κ1) is 14.0. The summed E-state index contributed by atoms with van der Waals surface area (Å²) in [5.74, 6) is 1.95. The molecule has 0 unspecified atom stereocenters. The standard InChI is InChI=1S/C13H12BrClN2O2/c1-18-9-3-4-12(19-2)11(6-9)17-13-10(15)5-8(14)7-16-13/h3-7H,1-2H3,(H,16,17). The Kier molecular flexibility index (Phi) is 4.50. The second kappa shape index (κ2) is 6.12. The maximum atomic E-state index is 6.12. The lowest BCUT2D eigenvalue weighted by Gasteiger charge is -2.13. The third kappa shape index (κ3) is 3.30. The Bertz CT molecular complexity index is 593. The zero-order valence-corrected chi connectivity index (χ0v) is 12.7. The molecule has 6 heteroatoms. The van der Waals surface area contributed by atoms with E-state index >= 15 is 0 Å². The van der Waals surface area contributed by atoms with Crippen LogP contribution in [0.25, 0.3) is 0 Å². The SMILES string of the molecule is COc1ccc(OC)c(Nc2ncc(Br)cc2Cl)c1. The predicted octanol–water partition coefficient (Wildman–Crippen LogP) is 4.26. The molecule has 1 heterocycles. The Morgan fingerprint density at radius 3 is 2.63 bits per heavy atom. The van der Waals surface area contributed by atoms with Crippen LogP contribution in [0.4, 0.5) is 11.5 Å². The number of pyridine rings is 1. The van der Waals surface area contributed by atoms with Crippen LogP contribution >= 0.6 is 27.5 Å². The number of hydrogen-bond acceptors (Lipinski definition) is 4. The van der Waals surface area contributed by atoms with Crippen LogP contribution < -0.4 is 14.8 Å². The summed E-state index contributed by atoms with van der Waals surface area (Å²) in [7, 11) is 3.21. The second-order valence-corrected chi connectivity index (χ2v) is 5.00. The Labute approximate surface area is 124 Å². The number of nitrogens with one attached hydrogen (secondary N) is 1. The van der Waals surface area contributed by atoms with Gasteiger partial charge in [0.1, 0.15) is 17.3 Å². The van der Waals surface area contributed by atoms with Crippen molar-refractivity contribution in [3.8, 4) is 11.5 Å². The topological polar surface area (TPSA) is 43.4 Å². The molecule has 2 rings (SSSR count). The molecule has 4 nitrogen and oxygen atoms in total. The van der Waals surface area contributed by atoms with Crippen molar-refractivity contribution in [2.75, 3.05) is 19.5 Å². The Morgan fingerprint density at radius 2 is 2.00 bits per heavy atom. The lowest BCUT2D eigenvalue weighted by atomic mass is 10.2. The normalized spacial score (nSPS) is 10.1. The summed E-state index contributed by atoms with van der Waals surface area (Å²) in [6, 6.07) is 7.22. The van der Waals surface area contributed by atoms with Gasteiger partial charge in [-0.3, -0.25) is 0 Å². The molecule has 2 aromatic rings. The van der Waals surface area contributed by atoms with E-state index in [9.17, 15) is 0 Å². The minimum absolute atomic E-state index is 0.513. The molecule has 0 amide bonds. The molecule has 1 aromatic heterocycles. The fourth-order valence-corrected chi connectivity index (χ4v) is 2.22. The smallest absolute Gasteiger partial charge is 0.149 e. The molecule has 0 saturated carbocycles. The quantitative estimate of drug-likeness (QED) is 0.901. The monoisotopic (exact) mass is 342 g/mol. The summed E-state index contributed by atoms with van der Waals surface area (Å²) in [4.78, 5) is 4.22. The summed E-state index contributed by atoms with van der Waals surface area (Å²) in [5.41, 5.74) is 0.735. The zero-order chi connectivity index (χ0) is 13.8. The number of hydrogen-bond donors (Lipinski definition) is 1. The van der Waals surface area contributed by atoms with Gasteiger partial charge in [0, 0.05) is 16.7 Å². The minimum atomic E-state index is 0.513. The van der Waals surface area contributed by atoms with Crippen molar-refractivity contribution in [2.45, 2.75) is 0 Å². The number of rotatable bonds is 4. The van der Waals surface area contributed by atoms with Crippen molar-refractivity contribution in [1.82, 2.24) is 4.98 Å². The van der Waals surface area contributed by atoms with Gasteiger partial charge in [-0.25, -0.2) is 4.98 Å². The van der Waals surface area contributed by atoms with Crippen LogP contribution in [0.3, 0.4) is 0 Å². The van der Waals surface area contributed by atoms with E-state index in [4.69, 9.17) is 21.1 Å². The van der Waals surface area contributed by atoms with Gasteiger partial charge < -0.3 is 14.8 Å². The zero-order valence-electron chi connectivity index (χ0n) is 10.4. The molecule has 0 fully saturated rings. The molecular weight excluding hydrogens is 332 g/mol. The first-order valence-electron chi connectivity index (χ1n) is 5.44. The molecule has 100 valence electrons. The summed E-state index contributed by atoms with van der Waals surface area (Å²) in [6.45, 7) is 0. The largest absolute Gasteiger partial charge is 0.497 e. The highest BCUT2D eigenvalue weighted by Crippen LogP contribution is 2.33. The van der Waals surface area contributed by atoms with E-state index in [0.717, 1.165) is 15.9 Å². The number of ether oxygens (including phenoxy) is 2. The van der Waals surface area contributed by atoms with Crippen molar-refractivity contribution >= 4 is 39.0 Å². The fourth-order valence-electron chi connectivity index (χ4n) is 1.55. The fraction of sp³-hybridized carbons (Fsp3) is 0.154. The Morgan fingerprint density at radius 1 is 1.21 bits per heavy atom. The summed E-state index contributed by atoms with van der Waals surface area (Å²) < 4.78 is 11.3. The molecular formula is C13H12BrClN2O2. The van der Waals surface area contributed by atoms with Crippen molar-refractivity contribution in [2.24, 2.45) is 0 Å². The third-order valence-corrected chi connectivity index (χ3v) is 3.19. The maximum Gasteiger partial charge on any atom is 0.149 e. The van der Waals surface area contributed by atoms with Gasteiger partial charge in [0.05, 0.1) is 24.9 Å². The van der Waals surface area contributed by atoms with Crippen molar-refractivity contribution in [1.29, 1.82) is 0 Å². The van der Waals surface area contributed by atoms with Crippen LogP contribution in [0.15, 0.2) is 34.9 Å². The lowest BCUT2D eigenvalue weighted by molar-refractivity contribution is 0.405. The van der Waals surface area contributed by atoms with Gasteiger partial charge in [-0.05, 0) is 34.1 Å². The van der Waals surface area contributed by atoms with Crippen LogP contribution in [0.1, 0.15) is 0 Å². The predicted molar refractivity (Wildman–Crippen MR) is 79.8 cm³/mol. The van der Waals surface area contributed by atoms with E-state index in [0.29, 0.717) is 16.6 Å². The second-order valence-electron chi connectivity index (χ2n) is 3.68. The first-order valence-corrected chi connectivity index (χ1v) is 6.61. The van der Waals surface area contributed by atoms with Crippen LogP contribution in [-0.4, -0.2) is 19.2 Å². The van der Waals surface area contributed by atoms with Crippen molar-refractivity contribution in [3.05, 3.63) is 40.0 Å². The highest BCUT2D eigenvalue weighted by Gasteiger charge is 2.09. The number of benzene rings is 1. The van der Waals surface area contributed by atoms with E-state index < -0.39 is 0 Å². The number of anilines is 2. The van der Waals surface area contributed by atoms with Crippen molar-refractivity contribution in [3.63, 3.8) is 0 Å². The van der Waals surface area contributed by atoms with E-state index in [-0.39, 0.29) is 0 Å². The molecule has 0 aliphatic carbocycles. The Hall–Kier alpha value is -1.46. The third-order valence-electron chi connectivity index (χ3n) is 2.47. The molecule has 19 heavy (non-hydrogen) atoms. The number of aromatic nitrogens is 1. The Balaban J connectivity index is 2.36. The van der Waals surface area contributed by atoms with E-state index in [1.54, 1.807) is 26.5 Å². The summed E-state index contributed by atoms with van der Waals surface area (Å²) >= 11 is 9.43. The average molecular weight is 344 g/mol. The van der Waals surface area contributed by atoms with Crippen LogP contribution in [0.2, 0.25) is 5.02 Å². The van der Waals surface area contributed by atoms with Crippen LogP contribution in [0.5, 0.6) is 11.5 Å². The van der Waals surface area contributed by atoms with Gasteiger partial charge in [0.25, 0.3) is 0 Å². The molecule has 1 N–H and O–H groups in total. The number of nitrogens with zero attached hydrogens (tertiary/aromatic N) is 1. The van der Waals surface area contributed by atoms with Gasteiger partial charge in [0.2, 0.25) is 0 Å². The molecule has 0 aliphatic rings. The van der Waals surface area contributed by atoms with Crippen molar-refractivity contribution < 1.29 is 9.47 Å². The van der Waals surface area contributed by atoms with E-state index in [1.165, 1.54) is 0 Å². The maximum absolute atomic E-state index is 6.12. The molecule has 0 aliphatic heterocycles. The summed E-state index contributed by atoms with van der Waals surface area (Å²) in [6.07, 6.45) is 1.67. The molecule has 1 aromatic carbocycles. The molecule has 0 atom stereocenters. The van der Waals surface area contributed by atoms with E-state index in [1.807, 2.05) is 18.2 Å². The van der Waals surface area contributed by atoms with Gasteiger partial charge in [0.15, 0.2) is 0 Å². The molecule has 0 radical (unpaired) electrons. The first-order chi connectivity index (χ1) is 9.13. The van der Waals surface area contributed by atoms with Crippen LogP contribution in [-0.2, 0) is 0 Å². The molecule has 0 bridgehead atoms. The highest BCUT2D eigenvalue weighted by atomic mass is 79.9. The lowest BCUT2D eigenvalue weighted by Crippen LogP contribution is -1.98. The highest BCUT2D eigenvalue weighted by molar-refractivity contribution is 9.10. The van der Waals surface area contributed by atoms with Gasteiger partial charge in [-0.1, -0.05) is 11.6 Å². The number of methoxy groups -OCH3 is 2. The minimum Gasteiger partial charge on any atom is -0.497 e.